The minimum atomic E-state index is 0.0273. The molecule has 7 heteroatoms. The second-order valence-electron chi connectivity index (χ2n) is 4.96. The van der Waals surface area contributed by atoms with Gasteiger partial charge in [0.1, 0.15) is 0 Å². The van der Waals surface area contributed by atoms with Gasteiger partial charge in [-0.1, -0.05) is 6.08 Å². The van der Waals surface area contributed by atoms with Crippen LogP contribution in [0.15, 0.2) is 35.9 Å². The number of nitrogens with zero attached hydrogens (tertiary/aromatic N) is 4. The molecule has 2 aromatic rings. The minimum Gasteiger partial charge on any atom is -0.395 e. The smallest absolute Gasteiger partial charge is 0.226 e. The van der Waals surface area contributed by atoms with Gasteiger partial charge in [0.25, 0.3) is 0 Å². The fraction of sp³-hybridized carbons (Fsp3) is 0.333. The largest absolute Gasteiger partial charge is 0.395 e. The monoisotopic (exact) mass is 298 g/mol. The third-order valence-electron chi connectivity index (χ3n) is 3.30. The molecular weight excluding hydrogens is 280 g/mol. The van der Waals surface area contributed by atoms with Gasteiger partial charge in [0.2, 0.25) is 5.95 Å². The molecule has 0 unspecified atom stereocenters. The lowest BCUT2D eigenvalue weighted by Gasteiger charge is -2.10. The molecule has 0 fully saturated rings. The van der Waals surface area contributed by atoms with E-state index in [0.29, 0.717) is 24.9 Å². The molecule has 114 valence electrons. The summed E-state index contributed by atoms with van der Waals surface area (Å²) in [7, 11) is 1.89. The van der Waals surface area contributed by atoms with E-state index < -0.39 is 0 Å². The average molecular weight is 298 g/mol. The van der Waals surface area contributed by atoms with Crippen molar-refractivity contribution in [2.24, 2.45) is 7.05 Å². The molecule has 1 aliphatic carbocycles. The summed E-state index contributed by atoms with van der Waals surface area (Å²) in [4.78, 5) is 13.2. The van der Waals surface area contributed by atoms with Crippen LogP contribution in [0.5, 0.6) is 0 Å². The first kappa shape index (κ1) is 14.3. The number of aliphatic hydroxyl groups excluding tert-OH is 1. The number of rotatable bonds is 6. The van der Waals surface area contributed by atoms with Crippen molar-refractivity contribution in [3.8, 4) is 0 Å². The quantitative estimate of drug-likeness (QED) is 0.695. The van der Waals surface area contributed by atoms with E-state index >= 15 is 0 Å². The Bertz CT molecular complexity index is 770. The summed E-state index contributed by atoms with van der Waals surface area (Å²) in [6.07, 6.45) is 8.70. The average Bonchev–Trinajstić information content (AvgIpc) is 2.93. The molecule has 0 saturated heterocycles. The van der Waals surface area contributed by atoms with Crippen LogP contribution >= 0.6 is 0 Å². The number of aromatic nitrogens is 4. The number of nitrogens with one attached hydrogen (secondary N) is 2. The highest BCUT2D eigenvalue weighted by Crippen LogP contribution is 2.20. The topological polar surface area (TPSA) is 87.9 Å². The van der Waals surface area contributed by atoms with Gasteiger partial charge in [0, 0.05) is 20.1 Å². The molecule has 2 heterocycles. The van der Waals surface area contributed by atoms with Crippen molar-refractivity contribution < 1.29 is 5.11 Å². The second-order valence-corrected chi connectivity index (χ2v) is 4.96. The molecule has 3 rings (SSSR count). The summed E-state index contributed by atoms with van der Waals surface area (Å²) in [5.41, 5.74) is 5.73. The van der Waals surface area contributed by atoms with E-state index in [1.165, 1.54) is 0 Å². The van der Waals surface area contributed by atoms with Crippen LogP contribution in [0.2, 0.25) is 0 Å². The van der Waals surface area contributed by atoms with Gasteiger partial charge in [-0.2, -0.15) is 9.97 Å². The Morgan fingerprint density at radius 3 is 3.05 bits per heavy atom. The van der Waals surface area contributed by atoms with Crippen LogP contribution in [-0.4, -0.2) is 44.3 Å². The van der Waals surface area contributed by atoms with E-state index in [-0.39, 0.29) is 6.61 Å². The zero-order valence-electron chi connectivity index (χ0n) is 12.4. The van der Waals surface area contributed by atoms with Gasteiger partial charge in [0.05, 0.1) is 12.9 Å². The Hall–Kier alpha value is -2.63. The summed E-state index contributed by atoms with van der Waals surface area (Å²) in [6, 6.07) is 0. The van der Waals surface area contributed by atoms with Crippen molar-refractivity contribution >= 4 is 22.9 Å². The molecule has 0 aliphatic heterocycles. The third-order valence-corrected chi connectivity index (χ3v) is 3.30. The number of hydrogen-bond donors (Lipinski definition) is 3. The Labute approximate surface area is 128 Å². The molecule has 0 amide bonds. The van der Waals surface area contributed by atoms with Crippen molar-refractivity contribution in [2.45, 2.75) is 6.42 Å². The van der Waals surface area contributed by atoms with Crippen molar-refractivity contribution in [3.63, 3.8) is 0 Å². The minimum absolute atomic E-state index is 0.0273. The van der Waals surface area contributed by atoms with Crippen molar-refractivity contribution in [3.05, 3.63) is 35.9 Å². The lowest BCUT2D eigenvalue weighted by molar-refractivity contribution is 0.311. The standard InChI is InChI=1S/C15H18N6O/c1-21-10-18-12-13(17-9-11-5-3-2-4-6-11)19-15(16-7-8-22)20-14(12)21/h2,5-6,10,22H,3,7-9H2,1H3,(H2,16,17,19,20). The molecule has 0 atom stereocenters. The van der Waals surface area contributed by atoms with Crippen LogP contribution in [0.25, 0.3) is 11.2 Å². The molecule has 0 saturated carbocycles. The summed E-state index contributed by atoms with van der Waals surface area (Å²) in [5, 5.41) is 15.2. The second kappa shape index (κ2) is 6.43. The first-order valence-corrected chi connectivity index (χ1v) is 7.15. The fourth-order valence-electron chi connectivity index (χ4n) is 2.19. The van der Waals surface area contributed by atoms with Gasteiger partial charge in [-0.15, -0.1) is 5.73 Å². The SMILES string of the molecule is Cn1cnc2c(NCC3=CCC=C=C3)nc(NCCO)nc21. The van der Waals surface area contributed by atoms with Crippen molar-refractivity contribution in [2.75, 3.05) is 30.3 Å². The van der Waals surface area contributed by atoms with Gasteiger partial charge >= 0.3 is 0 Å². The van der Waals surface area contributed by atoms with Gasteiger partial charge in [-0.3, -0.25) is 0 Å². The number of anilines is 2. The number of hydrogen-bond acceptors (Lipinski definition) is 6. The highest BCUT2D eigenvalue weighted by molar-refractivity contribution is 5.84. The zero-order valence-corrected chi connectivity index (χ0v) is 12.4. The summed E-state index contributed by atoms with van der Waals surface area (Å²) in [6.45, 7) is 1.09. The third kappa shape index (κ3) is 3.00. The maximum atomic E-state index is 8.93. The van der Waals surface area contributed by atoms with Crippen LogP contribution in [-0.2, 0) is 7.05 Å². The van der Waals surface area contributed by atoms with E-state index in [9.17, 15) is 0 Å². The number of fused-ring (bicyclic) bond motifs is 1. The van der Waals surface area contributed by atoms with E-state index in [0.717, 1.165) is 23.2 Å². The maximum absolute atomic E-state index is 8.93. The van der Waals surface area contributed by atoms with Crippen LogP contribution in [0.1, 0.15) is 6.42 Å². The number of allylic oxidation sites excluding steroid dienone is 1. The Morgan fingerprint density at radius 1 is 1.36 bits per heavy atom. The molecule has 2 aromatic heterocycles. The molecule has 7 nitrogen and oxygen atoms in total. The molecule has 3 N–H and O–H groups in total. The van der Waals surface area contributed by atoms with Gasteiger partial charge in [-0.25, -0.2) is 4.98 Å². The van der Waals surface area contributed by atoms with Crippen LogP contribution in [0, 0.1) is 0 Å². The molecule has 1 aliphatic rings. The predicted molar refractivity (Wildman–Crippen MR) is 85.7 cm³/mol. The molecule has 0 aromatic carbocycles. The molecule has 22 heavy (non-hydrogen) atoms. The van der Waals surface area contributed by atoms with Gasteiger partial charge < -0.3 is 20.3 Å². The van der Waals surface area contributed by atoms with Crippen LogP contribution < -0.4 is 10.6 Å². The Morgan fingerprint density at radius 2 is 2.27 bits per heavy atom. The van der Waals surface area contributed by atoms with Gasteiger partial charge in [-0.05, 0) is 24.1 Å². The zero-order chi connectivity index (χ0) is 15.4. The Balaban J connectivity index is 1.87. The van der Waals surface area contributed by atoms with Crippen LogP contribution in [0.3, 0.4) is 0 Å². The fourth-order valence-corrected chi connectivity index (χ4v) is 2.19. The van der Waals surface area contributed by atoms with Crippen molar-refractivity contribution in [1.29, 1.82) is 0 Å². The van der Waals surface area contributed by atoms with E-state index in [2.05, 4.69) is 37.4 Å². The normalized spacial score (nSPS) is 13.5. The molecule has 0 radical (unpaired) electrons. The van der Waals surface area contributed by atoms with Crippen LogP contribution in [0.4, 0.5) is 11.8 Å². The number of imidazole rings is 1. The van der Waals surface area contributed by atoms with E-state index in [4.69, 9.17) is 5.11 Å². The first-order valence-electron chi connectivity index (χ1n) is 7.15. The summed E-state index contributed by atoms with van der Waals surface area (Å²) >= 11 is 0. The van der Waals surface area contributed by atoms with E-state index in [1.54, 1.807) is 6.33 Å². The Kier molecular flexibility index (Phi) is 4.18. The predicted octanol–water partition coefficient (Wildman–Crippen LogP) is 1.22. The molecular formula is C15H18N6O. The van der Waals surface area contributed by atoms with E-state index in [1.807, 2.05) is 23.8 Å². The highest BCUT2D eigenvalue weighted by Gasteiger charge is 2.12. The maximum Gasteiger partial charge on any atom is 0.226 e. The summed E-state index contributed by atoms with van der Waals surface area (Å²) < 4.78 is 1.84. The summed E-state index contributed by atoms with van der Waals surface area (Å²) in [5.74, 6) is 1.15. The number of aryl methyl sites for hydroxylation is 1. The van der Waals surface area contributed by atoms with Gasteiger partial charge in [0.15, 0.2) is 17.0 Å². The number of aliphatic hydroxyl groups is 1. The van der Waals surface area contributed by atoms with Crippen molar-refractivity contribution in [1.82, 2.24) is 19.5 Å². The lowest BCUT2D eigenvalue weighted by Crippen LogP contribution is -2.12. The molecule has 0 spiro atoms. The lowest BCUT2D eigenvalue weighted by atomic mass is 10.1. The highest BCUT2D eigenvalue weighted by atomic mass is 16.3. The first-order chi connectivity index (χ1) is 10.8. The molecule has 0 bridgehead atoms.